The van der Waals surface area contributed by atoms with Gasteiger partial charge in [0.1, 0.15) is 16.4 Å². The Bertz CT molecular complexity index is 634. The maximum atomic E-state index is 6.15. The van der Waals surface area contributed by atoms with Crippen LogP contribution in [-0.4, -0.2) is 13.3 Å². The van der Waals surface area contributed by atoms with Gasteiger partial charge in [-0.25, -0.2) is 4.98 Å². The first-order valence-electron chi connectivity index (χ1n) is 6.48. The fourth-order valence-electron chi connectivity index (χ4n) is 1.54. The molecule has 0 fully saturated rings. The van der Waals surface area contributed by atoms with Gasteiger partial charge in [0.15, 0.2) is 13.9 Å². The molecule has 2 rings (SSSR count). The number of halogens is 2. The molecular weight excluding hydrogens is 358 g/mol. The summed E-state index contributed by atoms with van der Waals surface area (Å²) in [6, 6.07) is 3.62. The van der Waals surface area contributed by atoms with Crippen molar-refractivity contribution in [2.24, 2.45) is 0 Å². The lowest BCUT2D eigenvalue weighted by molar-refractivity contribution is 0.249. The van der Waals surface area contributed by atoms with E-state index in [1.165, 1.54) is 0 Å². The van der Waals surface area contributed by atoms with Crippen molar-refractivity contribution in [3.8, 4) is 0 Å². The van der Waals surface area contributed by atoms with Crippen LogP contribution in [0.3, 0.4) is 0 Å². The number of fused-ring (bicyclic) bond motifs is 1. The lowest BCUT2D eigenvalue weighted by Crippen LogP contribution is -2.40. The smallest absolute Gasteiger partial charge is 0.192 e. The predicted octanol–water partition coefficient (Wildman–Crippen LogP) is 5.77. The molecule has 0 atom stereocenters. The Morgan fingerprint density at radius 2 is 2.00 bits per heavy atom. The standard InChI is InChI=1S/C14H19BrClNO2Si/c1-14(2,3)20(4,5)18-8-9-6-11-13(19-9)10(15)7-12(16)17-11/h6-7H,8H2,1-5H3. The summed E-state index contributed by atoms with van der Waals surface area (Å²) < 4.78 is 12.8. The van der Waals surface area contributed by atoms with Gasteiger partial charge < -0.3 is 8.84 Å². The molecule has 0 aliphatic carbocycles. The summed E-state index contributed by atoms with van der Waals surface area (Å²) in [5.74, 6) is 0.778. The minimum Gasteiger partial charge on any atom is -0.456 e. The molecule has 0 saturated carbocycles. The second kappa shape index (κ2) is 5.44. The van der Waals surface area contributed by atoms with Crippen LogP contribution in [0.1, 0.15) is 26.5 Å². The van der Waals surface area contributed by atoms with E-state index in [1.54, 1.807) is 6.07 Å². The summed E-state index contributed by atoms with van der Waals surface area (Å²) in [5.41, 5.74) is 1.46. The number of hydrogen-bond donors (Lipinski definition) is 0. The molecule has 0 unspecified atom stereocenters. The molecule has 2 heterocycles. The van der Waals surface area contributed by atoms with Crippen LogP contribution in [0.5, 0.6) is 0 Å². The Balaban J connectivity index is 2.21. The van der Waals surface area contributed by atoms with Crippen LogP contribution in [0.4, 0.5) is 0 Å². The Morgan fingerprint density at radius 3 is 2.60 bits per heavy atom. The molecule has 0 aliphatic rings. The van der Waals surface area contributed by atoms with Gasteiger partial charge in [0.2, 0.25) is 0 Å². The fourth-order valence-corrected chi connectivity index (χ4v) is 3.31. The van der Waals surface area contributed by atoms with Gasteiger partial charge in [-0.2, -0.15) is 0 Å². The molecule has 20 heavy (non-hydrogen) atoms. The van der Waals surface area contributed by atoms with Crippen molar-refractivity contribution in [3.63, 3.8) is 0 Å². The zero-order valence-electron chi connectivity index (χ0n) is 12.4. The van der Waals surface area contributed by atoms with Crippen LogP contribution in [0.2, 0.25) is 23.3 Å². The normalized spacial score (nSPS) is 13.2. The number of pyridine rings is 1. The molecule has 0 spiro atoms. The van der Waals surface area contributed by atoms with Crippen molar-refractivity contribution in [1.29, 1.82) is 0 Å². The van der Waals surface area contributed by atoms with Crippen molar-refractivity contribution < 1.29 is 8.84 Å². The molecule has 0 aliphatic heterocycles. The highest BCUT2D eigenvalue weighted by atomic mass is 79.9. The molecule has 110 valence electrons. The molecule has 0 N–H and O–H groups in total. The van der Waals surface area contributed by atoms with Gasteiger partial charge in [-0.1, -0.05) is 32.4 Å². The minimum atomic E-state index is -1.78. The average Bonchev–Trinajstić information content (AvgIpc) is 2.68. The van der Waals surface area contributed by atoms with Crippen LogP contribution in [-0.2, 0) is 11.0 Å². The SMILES string of the molecule is CC(C)(C)[Si](C)(C)OCc1cc2nc(Cl)cc(Br)c2o1. The summed E-state index contributed by atoms with van der Waals surface area (Å²) >= 11 is 9.37. The minimum absolute atomic E-state index is 0.182. The zero-order chi connectivity index (χ0) is 15.1. The summed E-state index contributed by atoms with van der Waals surface area (Å²) in [4.78, 5) is 4.25. The van der Waals surface area contributed by atoms with E-state index in [1.807, 2.05) is 6.07 Å². The van der Waals surface area contributed by atoms with E-state index >= 15 is 0 Å². The van der Waals surface area contributed by atoms with E-state index < -0.39 is 8.32 Å². The van der Waals surface area contributed by atoms with Gasteiger partial charge in [0.25, 0.3) is 0 Å². The van der Waals surface area contributed by atoms with Crippen molar-refractivity contribution in [2.75, 3.05) is 0 Å². The third-order valence-corrected chi connectivity index (χ3v) is 9.10. The molecular formula is C14H19BrClNO2Si. The summed E-state index contributed by atoms with van der Waals surface area (Å²) in [6.07, 6.45) is 0. The summed E-state index contributed by atoms with van der Waals surface area (Å²) in [5, 5.41) is 0.628. The van der Waals surface area contributed by atoms with Gasteiger partial charge in [-0.15, -0.1) is 0 Å². The lowest BCUT2D eigenvalue weighted by atomic mass is 10.2. The second-order valence-electron chi connectivity index (χ2n) is 6.40. The highest BCUT2D eigenvalue weighted by Gasteiger charge is 2.37. The molecule has 2 aromatic heterocycles. The molecule has 0 radical (unpaired) electrons. The topological polar surface area (TPSA) is 35.3 Å². The highest BCUT2D eigenvalue weighted by molar-refractivity contribution is 9.10. The Labute approximate surface area is 133 Å². The van der Waals surface area contributed by atoms with Gasteiger partial charge in [0.05, 0.1) is 11.1 Å². The van der Waals surface area contributed by atoms with Crippen LogP contribution in [0.25, 0.3) is 11.1 Å². The molecule has 3 nitrogen and oxygen atoms in total. The highest BCUT2D eigenvalue weighted by Crippen LogP contribution is 2.37. The number of nitrogens with zero attached hydrogens (tertiary/aromatic N) is 1. The van der Waals surface area contributed by atoms with Gasteiger partial charge in [0, 0.05) is 6.07 Å². The van der Waals surface area contributed by atoms with Gasteiger partial charge in [-0.05, 0) is 40.1 Å². The second-order valence-corrected chi connectivity index (χ2v) is 12.5. The number of rotatable bonds is 3. The van der Waals surface area contributed by atoms with E-state index in [4.69, 9.17) is 20.4 Å². The Kier molecular flexibility index (Phi) is 4.36. The average molecular weight is 377 g/mol. The molecule has 0 amide bonds. The number of hydrogen-bond acceptors (Lipinski definition) is 3. The van der Waals surface area contributed by atoms with Gasteiger partial charge in [-0.3, -0.25) is 0 Å². The number of furan rings is 1. The van der Waals surface area contributed by atoms with E-state index in [2.05, 4.69) is 54.8 Å². The molecule has 0 bridgehead atoms. The first kappa shape index (κ1) is 16.0. The maximum absolute atomic E-state index is 6.15. The quantitative estimate of drug-likeness (QED) is 0.504. The Morgan fingerprint density at radius 1 is 1.35 bits per heavy atom. The van der Waals surface area contributed by atoms with Crippen molar-refractivity contribution >= 4 is 46.9 Å². The first-order valence-corrected chi connectivity index (χ1v) is 10.6. The van der Waals surface area contributed by atoms with Crippen LogP contribution in [0.15, 0.2) is 21.0 Å². The van der Waals surface area contributed by atoms with Crippen molar-refractivity contribution in [2.45, 2.75) is 45.5 Å². The van der Waals surface area contributed by atoms with E-state index in [9.17, 15) is 0 Å². The molecule has 6 heteroatoms. The van der Waals surface area contributed by atoms with E-state index in [0.29, 0.717) is 17.3 Å². The van der Waals surface area contributed by atoms with Gasteiger partial charge >= 0.3 is 0 Å². The zero-order valence-corrected chi connectivity index (χ0v) is 15.7. The van der Waals surface area contributed by atoms with Crippen LogP contribution < -0.4 is 0 Å². The lowest BCUT2D eigenvalue weighted by Gasteiger charge is -2.35. The molecule has 0 saturated heterocycles. The largest absolute Gasteiger partial charge is 0.456 e. The van der Waals surface area contributed by atoms with E-state index in [0.717, 1.165) is 15.7 Å². The predicted molar refractivity (Wildman–Crippen MR) is 88.7 cm³/mol. The van der Waals surface area contributed by atoms with Crippen molar-refractivity contribution in [3.05, 3.63) is 27.5 Å². The van der Waals surface area contributed by atoms with Crippen LogP contribution in [0, 0.1) is 0 Å². The van der Waals surface area contributed by atoms with Crippen molar-refractivity contribution in [1.82, 2.24) is 4.98 Å². The molecule has 2 aromatic rings. The molecule has 0 aromatic carbocycles. The maximum Gasteiger partial charge on any atom is 0.192 e. The van der Waals surface area contributed by atoms with E-state index in [-0.39, 0.29) is 5.04 Å². The fraction of sp³-hybridized carbons (Fsp3) is 0.500. The summed E-state index contributed by atoms with van der Waals surface area (Å²) in [7, 11) is -1.78. The first-order chi connectivity index (χ1) is 9.10. The third kappa shape index (κ3) is 3.27. The third-order valence-electron chi connectivity index (χ3n) is 3.83. The number of aromatic nitrogens is 1. The van der Waals surface area contributed by atoms with Crippen LogP contribution >= 0.6 is 27.5 Å². The Hall–Kier alpha value is -0.363. The monoisotopic (exact) mass is 375 g/mol. The summed E-state index contributed by atoms with van der Waals surface area (Å²) in [6.45, 7) is 11.6.